The van der Waals surface area contributed by atoms with Crippen LogP contribution in [-0.2, 0) is 11.3 Å². The molecule has 0 N–H and O–H groups in total. The molecule has 25 heavy (non-hydrogen) atoms. The molecule has 1 fully saturated rings. The lowest BCUT2D eigenvalue weighted by molar-refractivity contribution is -0.117. The van der Waals surface area contributed by atoms with E-state index in [0.29, 0.717) is 19.5 Å². The Labute approximate surface area is 154 Å². The van der Waals surface area contributed by atoms with Crippen LogP contribution < -0.4 is 4.90 Å². The summed E-state index contributed by atoms with van der Waals surface area (Å²) in [4.78, 5) is 19.3. The zero-order chi connectivity index (χ0) is 17.4. The summed E-state index contributed by atoms with van der Waals surface area (Å²) in [5, 5.41) is 0. The largest absolute Gasteiger partial charge is 0.324 e. The Morgan fingerprint density at radius 2 is 2.08 bits per heavy atom. The number of anilines is 1. The van der Waals surface area contributed by atoms with Gasteiger partial charge in [-0.2, -0.15) is 0 Å². The minimum Gasteiger partial charge on any atom is -0.324 e. The summed E-state index contributed by atoms with van der Waals surface area (Å²) in [5.41, 5.74) is 2.98. The lowest BCUT2D eigenvalue weighted by Crippen LogP contribution is -2.24. The van der Waals surface area contributed by atoms with E-state index in [1.165, 1.54) is 0 Å². The van der Waals surface area contributed by atoms with Crippen molar-refractivity contribution in [2.45, 2.75) is 18.9 Å². The van der Waals surface area contributed by atoms with Crippen LogP contribution in [0.15, 0.2) is 65.7 Å². The Hall–Kier alpha value is -2.40. The summed E-state index contributed by atoms with van der Waals surface area (Å²) >= 11 is 3.48. The number of para-hydroxylation sites is 2. The number of carbonyl (C=O) groups is 1. The molecular weight excluding hydrogens is 378 g/mol. The first-order valence-corrected chi connectivity index (χ1v) is 9.08. The number of rotatable bonds is 4. The number of hydrogen-bond donors (Lipinski definition) is 0. The third kappa shape index (κ3) is 2.89. The Kier molecular flexibility index (Phi) is 4.17. The topological polar surface area (TPSA) is 38.1 Å². The van der Waals surface area contributed by atoms with E-state index in [9.17, 15) is 4.79 Å². The van der Waals surface area contributed by atoms with Gasteiger partial charge in [0.05, 0.1) is 11.0 Å². The monoisotopic (exact) mass is 395 g/mol. The molecule has 2 heterocycles. The average Bonchev–Trinajstić information content (AvgIpc) is 3.16. The van der Waals surface area contributed by atoms with Gasteiger partial charge in [0.15, 0.2) is 0 Å². The number of allylic oxidation sites excluding steroid dienone is 1. The first kappa shape index (κ1) is 16.1. The summed E-state index contributed by atoms with van der Waals surface area (Å²) in [5.74, 6) is 1.19. The van der Waals surface area contributed by atoms with Crippen molar-refractivity contribution >= 4 is 38.6 Å². The lowest BCUT2D eigenvalue weighted by Gasteiger charge is -2.17. The molecule has 1 atom stereocenters. The average molecular weight is 396 g/mol. The molecular formula is C20H18BrN3O. The first-order valence-electron chi connectivity index (χ1n) is 8.29. The molecule has 1 saturated heterocycles. The van der Waals surface area contributed by atoms with Crippen molar-refractivity contribution < 1.29 is 4.79 Å². The molecule has 3 aromatic rings. The van der Waals surface area contributed by atoms with Crippen molar-refractivity contribution in [3.63, 3.8) is 0 Å². The molecule has 0 spiro atoms. The molecule has 1 aliphatic heterocycles. The van der Waals surface area contributed by atoms with Gasteiger partial charge in [0.25, 0.3) is 0 Å². The van der Waals surface area contributed by atoms with Crippen LogP contribution in [0.2, 0.25) is 0 Å². The highest BCUT2D eigenvalue weighted by Crippen LogP contribution is 2.33. The predicted octanol–water partition coefficient (Wildman–Crippen LogP) is 4.51. The zero-order valence-corrected chi connectivity index (χ0v) is 15.3. The summed E-state index contributed by atoms with van der Waals surface area (Å²) in [6.45, 7) is 5.21. The van der Waals surface area contributed by atoms with E-state index in [1.54, 1.807) is 0 Å². The minimum absolute atomic E-state index is 0.0823. The standard InChI is InChI=1S/C20H18BrN3O/c1-2-10-23-18-9-4-3-8-17(18)22-20(23)14-11-19(25)24(13-14)16-7-5-6-15(21)12-16/h2-9,12,14H,1,10-11,13H2. The van der Waals surface area contributed by atoms with Gasteiger partial charge < -0.3 is 9.47 Å². The van der Waals surface area contributed by atoms with Crippen molar-refractivity contribution in [3.05, 3.63) is 71.5 Å². The number of benzene rings is 2. The second-order valence-corrected chi connectivity index (χ2v) is 7.16. The predicted molar refractivity (Wildman–Crippen MR) is 104 cm³/mol. The SMILES string of the molecule is C=CCn1c(C2CC(=O)N(c3cccc(Br)c3)C2)nc2ccccc21. The summed E-state index contributed by atoms with van der Waals surface area (Å²) in [6.07, 6.45) is 2.35. The first-order chi connectivity index (χ1) is 12.2. The van der Waals surface area contributed by atoms with Crippen molar-refractivity contribution in [2.24, 2.45) is 0 Å². The van der Waals surface area contributed by atoms with Gasteiger partial charge in [0.2, 0.25) is 5.91 Å². The van der Waals surface area contributed by atoms with Crippen LogP contribution in [0.1, 0.15) is 18.2 Å². The number of amides is 1. The normalized spacial score (nSPS) is 17.4. The van der Waals surface area contributed by atoms with Crippen molar-refractivity contribution in [2.75, 3.05) is 11.4 Å². The summed E-state index contributed by atoms with van der Waals surface area (Å²) in [7, 11) is 0. The van der Waals surface area contributed by atoms with Gasteiger partial charge >= 0.3 is 0 Å². The number of carbonyl (C=O) groups excluding carboxylic acids is 1. The van der Waals surface area contributed by atoms with Gasteiger partial charge in [-0.15, -0.1) is 6.58 Å². The quantitative estimate of drug-likeness (QED) is 0.609. The molecule has 1 aromatic heterocycles. The zero-order valence-electron chi connectivity index (χ0n) is 13.7. The highest BCUT2D eigenvalue weighted by atomic mass is 79.9. The smallest absolute Gasteiger partial charge is 0.227 e. The fourth-order valence-electron chi connectivity index (χ4n) is 3.50. The molecule has 4 rings (SSSR count). The second-order valence-electron chi connectivity index (χ2n) is 6.24. The molecule has 1 aliphatic rings. The number of halogens is 1. The molecule has 0 radical (unpaired) electrons. The van der Waals surface area contributed by atoms with Crippen LogP contribution in [0.3, 0.4) is 0 Å². The third-order valence-electron chi connectivity index (χ3n) is 4.61. The number of hydrogen-bond acceptors (Lipinski definition) is 2. The van der Waals surface area contributed by atoms with Crippen LogP contribution in [-0.4, -0.2) is 22.0 Å². The highest BCUT2D eigenvalue weighted by molar-refractivity contribution is 9.10. The van der Waals surface area contributed by atoms with E-state index < -0.39 is 0 Å². The van der Waals surface area contributed by atoms with Gasteiger partial charge in [-0.1, -0.05) is 40.2 Å². The Morgan fingerprint density at radius 3 is 2.88 bits per heavy atom. The Bertz CT molecular complexity index is 962. The van der Waals surface area contributed by atoms with E-state index >= 15 is 0 Å². The van der Waals surface area contributed by atoms with Crippen LogP contribution in [0.25, 0.3) is 11.0 Å². The maximum Gasteiger partial charge on any atom is 0.227 e. The molecule has 5 heteroatoms. The van der Waals surface area contributed by atoms with Crippen molar-refractivity contribution in [3.8, 4) is 0 Å². The molecule has 4 nitrogen and oxygen atoms in total. The van der Waals surface area contributed by atoms with E-state index in [-0.39, 0.29) is 11.8 Å². The third-order valence-corrected chi connectivity index (χ3v) is 5.10. The molecule has 1 amide bonds. The molecule has 0 saturated carbocycles. The van der Waals surface area contributed by atoms with E-state index in [0.717, 1.165) is 27.0 Å². The van der Waals surface area contributed by atoms with Crippen molar-refractivity contribution in [1.82, 2.24) is 9.55 Å². The van der Waals surface area contributed by atoms with Gasteiger partial charge in [0, 0.05) is 35.6 Å². The molecule has 1 unspecified atom stereocenters. The fourth-order valence-corrected chi connectivity index (χ4v) is 3.89. The molecule has 0 aliphatic carbocycles. The Balaban J connectivity index is 1.71. The number of aromatic nitrogens is 2. The number of imidazole rings is 1. The number of nitrogens with zero attached hydrogens (tertiary/aromatic N) is 3. The molecule has 2 aromatic carbocycles. The van der Waals surface area contributed by atoms with Crippen LogP contribution in [0.4, 0.5) is 5.69 Å². The van der Waals surface area contributed by atoms with Gasteiger partial charge in [0.1, 0.15) is 5.82 Å². The highest BCUT2D eigenvalue weighted by Gasteiger charge is 2.34. The van der Waals surface area contributed by atoms with Gasteiger partial charge in [-0.25, -0.2) is 4.98 Å². The minimum atomic E-state index is 0.0823. The summed E-state index contributed by atoms with van der Waals surface area (Å²) in [6, 6.07) is 16.0. The molecule has 126 valence electrons. The molecule has 0 bridgehead atoms. The fraction of sp³-hybridized carbons (Fsp3) is 0.200. The van der Waals surface area contributed by atoms with Crippen molar-refractivity contribution in [1.29, 1.82) is 0 Å². The van der Waals surface area contributed by atoms with Gasteiger partial charge in [-0.3, -0.25) is 4.79 Å². The van der Waals surface area contributed by atoms with Crippen LogP contribution >= 0.6 is 15.9 Å². The maximum atomic E-state index is 12.6. The lowest BCUT2D eigenvalue weighted by atomic mass is 10.1. The Morgan fingerprint density at radius 1 is 1.24 bits per heavy atom. The second kappa shape index (κ2) is 6.48. The van der Waals surface area contributed by atoms with E-state index in [4.69, 9.17) is 4.98 Å². The maximum absolute atomic E-state index is 12.6. The van der Waals surface area contributed by atoms with E-state index in [2.05, 4.69) is 33.1 Å². The van der Waals surface area contributed by atoms with E-state index in [1.807, 2.05) is 53.4 Å². The van der Waals surface area contributed by atoms with Crippen LogP contribution in [0.5, 0.6) is 0 Å². The summed E-state index contributed by atoms with van der Waals surface area (Å²) < 4.78 is 3.14. The number of fused-ring (bicyclic) bond motifs is 1. The van der Waals surface area contributed by atoms with Gasteiger partial charge in [-0.05, 0) is 30.3 Å². The van der Waals surface area contributed by atoms with Crippen LogP contribution in [0, 0.1) is 0 Å².